The number of imidazole rings is 1. The maximum absolute atomic E-state index is 5.69. The minimum atomic E-state index is 0.317. The fourth-order valence-corrected chi connectivity index (χ4v) is 3.56. The molecule has 0 bridgehead atoms. The van der Waals surface area contributed by atoms with E-state index in [-0.39, 0.29) is 0 Å². The number of para-hydroxylation sites is 1. The Morgan fingerprint density at radius 2 is 2.11 bits per heavy atom. The Kier molecular flexibility index (Phi) is 5.79. The summed E-state index contributed by atoms with van der Waals surface area (Å²) in [5.41, 5.74) is 0. The first kappa shape index (κ1) is 17.7. The van der Waals surface area contributed by atoms with Gasteiger partial charge in [0, 0.05) is 25.0 Å². The molecule has 27 heavy (non-hydrogen) atoms. The van der Waals surface area contributed by atoms with E-state index in [0.29, 0.717) is 30.9 Å². The topological polar surface area (TPSA) is 69.2 Å². The van der Waals surface area contributed by atoms with Gasteiger partial charge in [0.25, 0.3) is 0 Å². The van der Waals surface area contributed by atoms with Gasteiger partial charge in [0.05, 0.1) is 12.9 Å². The van der Waals surface area contributed by atoms with Crippen LogP contribution in [0, 0.1) is 0 Å². The van der Waals surface area contributed by atoms with Crippen molar-refractivity contribution in [3.63, 3.8) is 0 Å². The number of rotatable bonds is 8. The van der Waals surface area contributed by atoms with E-state index in [0.717, 1.165) is 25.3 Å². The third kappa shape index (κ3) is 4.95. The van der Waals surface area contributed by atoms with Gasteiger partial charge in [0.1, 0.15) is 5.75 Å². The number of aromatic nitrogens is 4. The van der Waals surface area contributed by atoms with E-state index in [4.69, 9.17) is 9.26 Å². The van der Waals surface area contributed by atoms with Crippen molar-refractivity contribution >= 4 is 0 Å². The number of hydrogen-bond donors (Lipinski definition) is 0. The van der Waals surface area contributed by atoms with Crippen molar-refractivity contribution in [3.05, 3.63) is 60.8 Å². The monoisotopic (exact) mass is 367 g/mol. The fourth-order valence-electron chi connectivity index (χ4n) is 3.56. The quantitative estimate of drug-likeness (QED) is 0.608. The minimum absolute atomic E-state index is 0.317. The van der Waals surface area contributed by atoms with Crippen LogP contribution in [0.3, 0.4) is 0 Å². The molecule has 3 aromatic rings. The van der Waals surface area contributed by atoms with Crippen LogP contribution in [0.25, 0.3) is 0 Å². The van der Waals surface area contributed by atoms with Gasteiger partial charge >= 0.3 is 0 Å². The molecule has 0 spiro atoms. The zero-order valence-electron chi connectivity index (χ0n) is 15.4. The number of hydrogen-bond acceptors (Lipinski definition) is 6. The highest BCUT2D eigenvalue weighted by Gasteiger charge is 2.24. The Bertz CT molecular complexity index is 803. The molecule has 1 fully saturated rings. The molecule has 0 saturated carbocycles. The second-order valence-electron chi connectivity index (χ2n) is 6.92. The van der Waals surface area contributed by atoms with Crippen molar-refractivity contribution in [2.24, 2.45) is 0 Å². The van der Waals surface area contributed by atoms with Crippen LogP contribution in [0.15, 0.2) is 53.6 Å². The molecule has 1 aromatic carbocycles. The summed E-state index contributed by atoms with van der Waals surface area (Å²) in [5.74, 6) is 2.05. The lowest BCUT2D eigenvalue weighted by atomic mass is 9.99. The van der Waals surface area contributed by atoms with E-state index < -0.39 is 0 Å². The molecule has 0 unspecified atom stereocenters. The highest BCUT2D eigenvalue weighted by Crippen LogP contribution is 2.22. The first-order valence-electron chi connectivity index (χ1n) is 9.56. The van der Waals surface area contributed by atoms with Gasteiger partial charge in [-0.1, -0.05) is 29.8 Å². The second-order valence-corrected chi connectivity index (χ2v) is 6.92. The first-order valence-corrected chi connectivity index (χ1v) is 9.56. The summed E-state index contributed by atoms with van der Waals surface area (Å²) in [6.45, 7) is 3.08. The molecule has 4 rings (SSSR count). The second kappa shape index (κ2) is 8.81. The molecule has 3 heterocycles. The maximum atomic E-state index is 5.69. The molecule has 0 aliphatic carbocycles. The summed E-state index contributed by atoms with van der Waals surface area (Å²) >= 11 is 0. The van der Waals surface area contributed by atoms with Crippen LogP contribution in [-0.4, -0.2) is 37.2 Å². The molecule has 0 radical (unpaired) electrons. The van der Waals surface area contributed by atoms with Gasteiger partial charge in [0.2, 0.25) is 11.7 Å². The Labute approximate surface area is 159 Å². The van der Waals surface area contributed by atoms with Crippen LogP contribution >= 0.6 is 0 Å². The molecule has 1 aliphatic heterocycles. The maximum Gasteiger partial charge on any atom is 0.240 e. The summed E-state index contributed by atoms with van der Waals surface area (Å²) in [5, 5.41) is 4.06. The highest BCUT2D eigenvalue weighted by molar-refractivity contribution is 5.20. The molecular formula is C20H25N5O2. The summed E-state index contributed by atoms with van der Waals surface area (Å²) in [6.07, 6.45) is 10.6. The Morgan fingerprint density at radius 1 is 1.19 bits per heavy atom. The standard InChI is InChI=1S/C20H25N5O2/c1-2-7-18(8-3-1)26-15-19-22-20(27-23-19)14-25-11-5-4-6-17(25)9-12-24-13-10-21-16-24/h1-3,7-8,10,13,16-17H,4-6,9,11-12,14-15H2/t17-/m1/s1. The number of piperidine rings is 1. The fraction of sp³-hybridized carbons (Fsp3) is 0.450. The molecule has 142 valence electrons. The molecule has 1 aliphatic rings. The van der Waals surface area contributed by atoms with Gasteiger partial charge in [-0.15, -0.1) is 0 Å². The predicted molar refractivity (Wildman–Crippen MR) is 100.0 cm³/mol. The van der Waals surface area contributed by atoms with Crippen LogP contribution in [0.2, 0.25) is 0 Å². The van der Waals surface area contributed by atoms with Gasteiger partial charge < -0.3 is 13.8 Å². The SMILES string of the molecule is c1ccc(OCc2noc(CN3CCCC[C@@H]3CCn3ccnc3)n2)cc1. The van der Waals surface area contributed by atoms with Gasteiger partial charge in [-0.25, -0.2) is 4.98 Å². The normalized spacial score (nSPS) is 17.9. The Morgan fingerprint density at radius 3 is 2.96 bits per heavy atom. The lowest BCUT2D eigenvalue weighted by Crippen LogP contribution is -2.39. The summed E-state index contributed by atoms with van der Waals surface area (Å²) in [4.78, 5) is 11.1. The van der Waals surface area contributed by atoms with E-state index in [1.807, 2.05) is 49.1 Å². The molecule has 7 heteroatoms. The molecular weight excluding hydrogens is 342 g/mol. The van der Waals surface area contributed by atoms with Gasteiger partial charge in [-0.3, -0.25) is 4.90 Å². The average Bonchev–Trinajstić information content (AvgIpc) is 3.39. The van der Waals surface area contributed by atoms with E-state index in [1.165, 1.54) is 19.3 Å². The Hall–Kier alpha value is -2.67. The summed E-state index contributed by atoms with van der Waals surface area (Å²) in [6, 6.07) is 10.2. The van der Waals surface area contributed by atoms with Gasteiger partial charge in [-0.2, -0.15) is 4.98 Å². The summed E-state index contributed by atoms with van der Waals surface area (Å²) in [7, 11) is 0. The average molecular weight is 367 g/mol. The summed E-state index contributed by atoms with van der Waals surface area (Å²) < 4.78 is 13.3. The molecule has 0 amide bonds. The lowest BCUT2D eigenvalue weighted by molar-refractivity contribution is 0.113. The number of nitrogens with zero attached hydrogens (tertiary/aromatic N) is 5. The number of likely N-dealkylation sites (tertiary alicyclic amines) is 1. The van der Waals surface area contributed by atoms with E-state index in [1.54, 1.807) is 0 Å². The van der Waals surface area contributed by atoms with E-state index in [9.17, 15) is 0 Å². The third-order valence-electron chi connectivity index (χ3n) is 4.99. The van der Waals surface area contributed by atoms with Crippen molar-refractivity contribution in [3.8, 4) is 5.75 Å². The van der Waals surface area contributed by atoms with Crippen LogP contribution in [0.1, 0.15) is 37.4 Å². The van der Waals surface area contributed by atoms with Crippen LogP contribution in [-0.2, 0) is 19.7 Å². The molecule has 2 aromatic heterocycles. The van der Waals surface area contributed by atoms with E-state index >= 15 is 0 Å². The Balaban J connectivity index is 1.31. The zero-order chi connectivity index (χ0) is 18.3. The number of benzene rings is 1. The van der Waals surface area contributed by atoms with Crippen molar-refractivity contribution in [2.45, 2.75) is 51.4 Å². The molecule has 1 atom stereocenters. The third-order valence-corrected chi connectivity index (χ3v) is 4.99. The lowest BCUT2D eigenvalue weighted by Gasteiger charge is -2.34. The van der Waals surface area contributed by atoms with Crippen molar-refractivity contribution in [2.75, 3.05) is 6.54 Å². The van der Waals surface area contributed by atoms with Crippen LogP contribution in [0.4, 0.5) is 0 Å². The smallest absolute Gasteiger partial charge is 0.240 e. The minimum Gasteiger partial charge on any atom is -0.485 e. The molecule has 7 nitrogen and oxygen atoms in total. The van der Waals surface area contributed by atoms with Crippen molar-refractivity contribution in [1.29, 1.82) is 0 Å². The van der Waals surface area contributed by atoms with Crippen molar-refractivity contribution in [1.82, 2.24) is 24.6 Å². The van der Waals surface area contributed by atoms with Gasteiger partial charge in [-0.05, 0) is 37.9 Å². The molecule has 1 saturated heterocycles. The van der Waals surface area contributed by atoms with Crippen molar-refractivity contribution < 1.29 is 9.26 Å². The van der Waals surface area contributed by atoms with E-state index in [2.05, 4.69) is 24.6 Å². The van der Waals surface area contributed by atoms with Crippen LogP contribution < -0.4 is 4.74 Å². The van der Waals surface area contributed by atoms with Crippen LogP contribution in [0.5, 0.6) is 5.75 Å². The first-order chi connectivity index (χ1) is 13.4. The number of aryl methyl sites for hydroxylation is 1. The zero-order valence-corrected chi connectivity index (χ0v) is 15.4. The van der Waals surface area contributed by atoms with Gasteiger partial charge in [0.15, 0.2) is 6.61 Å². The largest absolute Gasteiger partial charge is 0.485 e. The number of ether oxygens (including phenoxy) is 1. The molecule has 0 N–H and O–H groups in total. The predicted octanol–water partition coefficient (Wildman–Crippen LogP) is 3.29. The highest BCUT2D eigenvalue weighted by atomic mass is 16.5.